The number of ether oxygens (including phenoxy) is 1. The van der Waals surface area contributed by atoms with Crippen LogP contribution in [-0.2, 0) is 0 Å². The Morgan fingerprint density at radius 3 is 3.20 bits per heavy atom. The van der Waals surface area contributed by atoms with Gasteiger partial charge in [0.05, 0.1) is 6.61 Å². The molecule has 0 saturated carbocycles. The molecule has 2 nitrogen and oxygen atoms in total. The van der Waals surface area contributed by atoms with E-state index in [0.717, 1.165) is 4.60 Å². The topological polar surface area (TPSA) is 22.1 Å². The van der Waals surface area contributed by atoms with Crippen molar-refractivity contribution in [1.29, 1.82) is 0 Å². The second-order valence-corrected chi connectivity index (χ2v) is 2.46. The Labute approximate surface area is 68.4 Å². The average molecular weight is 201 g/mol. The third kappa shape index (κ3) is 1.99. The van der Waals surface area contributed by atoms with Crippen molar-refractivity contribution >= 4 is 15.9 Å². The highest BCUT2D eigenvalue weighted by atomic mass is 79.9. The summed E-state index contributed by atoms with van der Waals surface area (Å²) < 4.78 is 5.86. The number of halogens is 1. The highest BCUT2D eigenvalue weighted by molar-refractivity contribution is 9.10. The van der Waals surface area contributed by atoms with Crippen LogP contribution in [0.15, 0.2) is 16.7 Å². The van der Waals surface area contributed by atoms with Crippen LogP contribution >= 0.6 is 15.9 Å². The first-order valence-electron chi connectivity index (χ1n) is 3.00. The fourth-order valence-electron chi connectivity index (χ4n) is 0.559. The van der Waals surface area contributed by atoms with Gasteiger partial charge in [-0.3, -0.25) is 0 Å². The minimum Gasteiger partial charge on any atom is -0.477 e. The van der Waals surface area contributed by atoms with E-state index in [4.69, 9.17) is 4.74 Å². The van der Waals surface area contributed by atoms with Crippen molar-refractivity contribution < 1.29 is 4.74 Å². The quantitative estimate of drug-likeness (QED) is 0.683. The molecule has 0 unspecified atom stereocenters. The third-order valence-electron chi connectivity index (χ3n) is 0.917. The lowest BCUT2D eigenvalue weighted by atomic mass is 10.5. The predicted octanol–water partition coefficient (Wildman–Crippen LogP) is 2.04. The van der Waals surface area contributed by atoms with Gasteiger partial charge in [0.1, 0.15) is 4.60 Å². The van der Waals surface area contributed by atoms with Crippen molar-refractivity contribution in [3.8, 4) is 5.88 Å². The smallest absolute Gasteiger partial charge is 0.222 e. The largest absolute Gasteiger partial charge is 0.477 e. The van der Waals surface area contributed by atoms with E-state index in [2.05, 4.69) is 27.0 Å². The van der Waals surface area contributed by atoms with Gasteiger partial charge < -0.3 is 4.74 Å². The summed E-state index contributed by atoms with van der Waals surface area (Å²) in [5.74, 6) is 0.539. The number of rotatable bonds is 2. The highest BCUT2D eigenvalue weighted by Crippen LogP contribution is 2.10. The molecular weight excluding hydrogens is 194 g/mol. The summed E-state index contributed by atoms with van der Waals surface area (Å²) in [6, 6.07) is 6.42. The molecule has 0 saturated heterocycles. The van der Waals surface area contributed by atoms with Gasteiger partial charge >= 0.3 is 0 Å². The van der Waals surface area contributed by atoms with Crippen molar-refractivity contribution in [2.45, 2.75) is 6.92 Å². The van der Waals surface area contributed by atoms with Crippen LogP contribution in [0.3, 0.4) is 0 Å². The first-order valence-corrected chi connectivity index (χ1v) is 3.79. The van der Waals surface area contributed by atoms with E-state index < -0.39 is 0 Å². The minimum absolute atomic E-state index is 0.539. The SMILES string of the molecule is CCOc1[c]ccc(Br)n1. The summed E-state index contributed by atoms with van der Waals surface area (Å²) in [4.78, 5) is 4.00. The van der Waals surface area contributed by atoms with E-state index in [0.29, 0.717) is 12.5 Å². The molecule has 1 radical (unpaired) electrons. The van der Waals surface area contributed by atoms with Gasteiger partial charge in [-0.15, -0.1) is 0 Å². The molecule has 3 heteroatoms. The van der Waals surface area contributed by atoms with E-state index in [9.17, 15) is 0 Å². The molecule has 0 aliphatic carbocycles. The Morgan fingerprint density at radius 1 is 1.80 bits per heavy atom. The van der Waals surface area contributed by atoms with Crippen molar-refractivity contribution in [2.24, 2.45) is 0 Å². The highest BCUT2D eigenvalue weighted by Gasteiger charge is 1.92. The Balaban J connectivity index is 2.75. The van der Waals surface area contributed by atoms with Crippen LogP contribution in [0.25, 0.3) is 0 Å². The summed E-state index contributed by atoms with van der Waals surface area (Å²) in [6.45, 7) is 2.54. The Kier molecular flexibility index (Phi) is 2.68. The second-order valence-electron chi connectivity index (χ2n) is 1.65. The maximum absolute atomic E-state index is 5.09. The number of pyridine rings is 1. The molecule has 0 aliphatic rings. The molecule has 1 aromatic rings. The Morgan fingerprint density at radius 2 is 2.60 bits per heavy atom. The van der Waals surface area contributed by atoms with E-state index in [1.54, 1.807) is 6.07 Å². The molecule has 53 valence electrons. The van der Waals surface area contributed by atoms with Crippen LogP contribution in [0.5, 0.6) is 5.88 Å². The van der Waals surface area contributed by atoms with Gasteiger partial charge in [-0.1, -0.05) is 0 Å². The lowest BCUT2D eigenvalue weighted by Gasteiger charge is -1.99. The summed E-state index contributed by atoms with van der Waals surface area (Å²) in [5.41, 5.74) is 0. The molecule has 0 aromatic carbocycles. The van der Waals surface area contributed by atoms with E-state index >= 15 is 0 Å². The molecule has 0 atom stereocenters. The average Bonchev–Trinajstić information content (AvgIpc) is 1.88. The summed E-state index contributed by atoms with van der Waals surface area (Å²) >= 11 is 3.22. The van der Waals surface area contributed by atoms with Crippen LogP contribution in [0, 0.1) is 6.07 Å². The van der Waals surface area contributed by atoms with Gasteiger partial charge in [0.15, 0.2) is 0 Å². The Bertz CT molecular complexity index is 215. The molecule has 0 spiro atoms. The van der Waals surface area contributed by atoms with Gasteiger partial charge in [0.2, 0.25) is 5.88 Å². The zero-order valence-electron chi connectivity index (χ0n) is 5.60. The maximum atomic E-state index is 5.09. The van der Waals surface area contributed by atoms with E-state index in [-0.39, 0.29) is 0 Å². The van der Waals surface area contributed by atoms with Gasteiger partial charge in [0, 0.05) is 6.07 Å². The number of nitrogens with zero attached hydrogens (tertiary/aromatic N) is 1. The fourth-order valence-corrected chi connectivity index (χ4v) is 0.852. The first-order chi connectivity index (χ1) is 4.83. The summed E-state index contributed by atoms with van der Waals surface area (Å²) in [5, 5.41) is 0. The summed E-state index contributed by atoms with van der Waals surface area (Å²) in [7, 11) is 0. The van der Waals surface area contributed by atoms with Crippen LogP contribution in [0.2, 0.25) is 0 Å². The molecular formula is C7H7BrNO. The van der Waals surface area contributed by atoms with Gasteiger partial charge in [0.25, 0.3) is 0 Å². The molecule has 0 fully saturated rings. The molecule has 1 rings (SSSR count). The molecule has 0 aliphatic heterocycles. The van der Waals surface area contributed by atoms with Crippen molar-refractivity contribution in [2.75, 3.05) is 6.61 Å². The molecule has 0 N–H and O–H groups in total. The van der Waals surface area contributed by atoms with Crippen LogP contribution < -0.4 is 4.74 Å². The van der Waals surface area contributed by atoms with Crippen LogP contribution in [0.1, 0.15) is 6.92 Å². The molecule has 10 heavy (non-hydrogen) atoms. The van der Waals surface area contributed by atoms with E-state index in [1.807, 2.05) is 13.0 Å². The van der Waals surface area contributed by atoms with Gasteiger partial charge in [-0.05, 0) is 35.0 Å². The monoisotopic (exact) mass is 200 g/mol. The number of hydrogen-bond acceptors (Lipinski definition) is 2. The lowest BCUT2D eigenvalue weighted by Crippen LogP contribution is -1.93. The standard InChI is InChI=1S/C7H7BrNO/c1-2-10-7-5-3-4-6(8)9-7/h3-4H,2H2,1H3. The molecule has 0 amide bonds. The van der Waals surface area contributed by atoms with Crippen LogP contribution in [0.4, 0.5) is 0 Å². The third-order valence-corrected chi connectivity index (χ3v) is 1.36. The van der Waals surface area contributed by atoms with E-state index in [1.165, 1.54) is 0 Å². The van der Waals surface area contributed by atoms with Gasteiger partial charge in [-0.25, -0.2) is 4.98 Å². The van der Waals surface area contributed by atoms with Crippen molar-refractivity contribution in [3.63, 3.8) is 0 Å². The minimum atomic E-state index is 0.539. The maximum Gasteiger partial charge on any atom is 0.222 e. The fraction of sp³-hybridized carbons (Fsp3) is 0.286. The number of hydrogen-bond donors (Lipinski definition) is 0. The van der Waals surface area contributed by atoms with Crippen molar-refractivity contribution in [3.05, 3.63) is 22.8 Å². The zero-order valence-corrected chi connectivity index (χ0v) is 7.18. The summed E-state index contributed by atoms with van der Waals surface area (Å²) in [6.07, 6.45) is 0. The van der Waals surface area contributed by atoms with Gasteiger partial charge in [-0.2, -0.15) is 0 Å². The predicted molar refractivity (Wildman–Crippen MR) is 41.9 cm³/mol. The zero-order chi connectivity index (χ0) is 7.40. The second kappa shape index (κ2) is 3.56. The normalized spacial score (nSPS) is 9.40. The van der Waals surface area contributed by atoms with Crippen molar-refractivity contribution in [1.82, 2.24) is 4.98 Å². The lowest BCUT2D eigenvalue weighted by molar-refractivity contribution is 0.325. The molecule has 1 heterocycles. The first kappa shape index (κ1) is 7.54. The van der Waals surface area contributed by atoms with Crippen LogP contribution in [-0.4, -0.2) is 11.6 Å². The molecule has 0 bridgehead atoms. The molecule has 1 aromatic heterocycles. The Hall–Kier alpha value is -0.570. The number of aromatic nitrogens is 1.